The highest BCUT2D eigenvalue weighted by atomic mass is 16.7. The highest BCUT2D eigenvalue weighted by molar-refractivity contribution is 5.71. The summed E-state index contributed by atoms with van der Waals surface area (Å²) in [5, 5.41) is 9.69. The van der Waals surface area contributed by atoms with Crippen molar-refractivity contribution < 1.29 is 42.9 Å². The van der Waals surface area contributed by atoms with Gasteiger partial charge in [-0.15, -0.1) is 0 Å². The molecule has 0 aromatic carbocycles. The summed E-state index contributed by atoms with van der Waals surface area (Å²) < 4.78 is 22.9. The fourth-order valence-corrected chi connectivity index (χ4v) is 9.60. The molecule has 0 saturated carbocycles. The lowest BCUT2D eigenvalue weighted by atomic mass is 10.0. The summed E-state index contributed by atoms with van der Waals surface area (Å²) in [5.41, 5.74) is 0. The van der Waals surface area contributed by atoms with E-state index in [4.69, 9.17) is 18.9 Å². The zero-order valence-corrected chi connectivity index (χ0v) is 49.3. The topological polar surface area (TPSA) is 108 Å². The number of carbonyl (C=O) groups excluding carboxylic acids is 2. The summed E-state index contributed by atoms with van der Waals surface area (Å²) in [5.74, 6) is -1.99. The molecule has 9 heteroatoms. The van der Waals surface area contributed by atoms with Crippen LogP contribution in [0.25, 0.3) is 0 Å². The minimum absolute atomic E-state index is 0.179. The Bertz CT molecular complexity index is 1200. The SMILES string of the molecule is CCCCCCC/C=C\CCCCCCCC(=O)OC(COC(=O)CCCCCCCCCCCCCCCCCCCCCCCCCCCCCCCCCCCC)COC(OCC[N+](C)(C)C)C(=O)O. The normalized spacial score (nSPS) is 12.7. The maximum Gasteiger partial charge on any atom is 0.361 e. The second kappa shape index (κ2) is 56.2. The summed E-state index contributed by atoms with van der Waals surface area (Å²) in [6.45, 7) is 4.91. The van der Waals surface area contributed by atoms with Crippen molar-refractivity contribution in [2.75, 3.05) is 47.5 Å². The zero-order chi connectivity index (χ0) is 53.4. The van der Waals surface area contributed by atoms with Crippen LogP contribution in [0.2, 0.25) is 0 Å². The number of rotatable bonds is 60. The van der Waals surface area contributed by atoms with Crippen LogP contribution in [0.15, 0.2) is 12.2 Å². The summed E-state index contributed by atoms with van der Waals surface area (Å²) in [6, 6.07) is 0. The smallest absolute Gasteiger partial charge is 0.361 e. The highest BCUT2D eigenvalue weighted by Gasteiger charge is 2.25. The first kappa shape index (κ1) is 71.0. The molecule has 2 atom stereocenters. The van der Waals surface area contributed by atoms with Gasteiger partial charge in [0.2, 0.25) is 0 Å². The number of ether oxygens (including phenoxy) is 4. The standard InChI is InChI=1S/C64H123NO8/c1-6-8-10-12-14-16-18-20-22-23-24-25-26-27-28-29-30-31-32-33-34-35-36-37-38-39-40-41-43-44-46-48-50-52-54-61(66)71-58-60(59-72-64(63(68)69)70-57-56-65(3,4)5)73-62(67)55-53-51-49-47-45-42-21-19-17-15-13-11-9-7-2/h19,21,60,64H,6-18,20,22-59H2,1-5H3/p+1/b21-19-. The molecule has 0 aromatic rings. The van der Waals surface area contributed by atoms with Gasteiger partial charge in [0.15, 0.2) is 6.10 Å². The van der Waals surface area contributed by atoms with Gasteiger partial charge in [-0.1, -0.05) is 283 Å². The van der Waals surface area contributed by atoms with Crippen LogP contribution < -0.4 is 0 Å². The van der Waals surface area contributed by atoms with E-state index in [1.165, 1.54) is 238 Å². The van der Waals surface area contributed by atoms with Gasteiger partial charge in [0.25, 0.3) is 6.29 Å². The lowest BCUT2D eigenvalue weighted by Crippen LogP contribution is -2.40. The summed E-state index contributed by atoms with van der Waals surface area (Å²) >= 11 is 0. The number of likely N-dealkylation sites (N-methyl/N-ethyl adjacent to an activating group) is 1. The quantitative estimate of drug-likeness (QED) is 0.0211. The highest BCUT2D eigenvalue weighted by Crippen LogP contribution is 2.18. The molecule has 0 aliphatic carbocycles. The third kappa shape index (κ3) is 57.6. The first-order chi connectivity index (χ1) is 35.6. The van der Waals surface area contributed by atoms with Gasteiger partial charge in [0, 0.05) is 12.8 Å². The summed E-state index contributed by atoms with van der Waals surface area (Å²) in [7, 11) is 5.98. The number of nitrogens with zero attached hydrogens (tertiary/aromatic N) is 1. The first-order valence-electron chi connectivity index (χ1n) is 31.9. The van der Waals surface area contributed by atoms with Gasteiger partial charge in [-0.2, -0.15) is 0 Å². The molecule has 0 aliphatic rings. The van der Waals surface area contributed by atoms with E-state index < -0.39 is 24.3 Å². The molecule has 0 spiro atoms. The molecule has 73 heavy (non-hydrogen) atoms. The van der Waals surface area contributed by atoms with Crippen LogP contribution in [0, 0.1) is 0 Å². The van der Waals surface area contributed by atoms with E-state index in [9.17, 15) is 19.5 Å². The Morgan fingerprint density at radius 1 is 0.397 bits per heavy atom. The van der Waals surface area contributed by atoms with Gasteiger partial charge in [0.1, 0.15) is 13.2 Å². The van der Waals surface area contributed by atoms with Gasteiger partial charge in [-0.3, -0.25) is 9.59 Å². The lowest BCUT2D eigenvalue weighted by Gasteiger charge is -2.25. The Morgan fingerprint density at radius 3 is 1.01 bits per heavy atom. The van der Waals surface area contributed by atoms with Gasteiger partial charge >= 0.3 is 17.9 Å². The van der Waals surface area contributed by atoms with Crippen molar-refractivity contribution in [2.45, 2.75) is 334 Å². The molecule has 0 radical (unpaired) electrons. The van der Waals surface area contributed by atoms with Gasteiger partial charge in [-0.25, -0.2) is 4.79 Å². The molecule has 0 bridgehead atoms. The van der Waals surface area contributed by atoms with Crippen LogP contribution in [-0.2, 0) is 33.3 Å². The number of carbonyl (C=O) groups is 3. The number of hydrogen-bond donors (Lipinski definition) is 1. The number of carboxylic acid groups (broad SMARTS) is 1. The molecule has 0 fully saturated rings. The van der Waals surface area contributed by atoms with Crippen LogP contribution in [0.3, 0.4) is 0 Å². The van der Waals surface area contributed by atoms with Crippen molar-refractivity contribution in [1.29, 1.82) is 0 Å². The van der Waals surface area contributed by atoms with Crippen molar-refractivity contribution >= 4 is 17.9 Å². The number of hydrogen-bond acceptors (Lipinski definition) is 7. The molecular weight excluding hydrogens is 911 g/mol. The Kier molecular flexibility index (Phi) is 54.7. The Hall–Kier alpha value is -1.97. The van der Waals surface area contributed by atoms with Crippen LogP contribution >= 0.6 is 0 Å². The van der Waals surface area contributed by atoms with E-state index in [0.29, 0.717) is 23.9 Å². The van der Waals surface area contributed by atoms with Gasteiger partial charge in [-0.05, 0) is 38.5 Å². The van der Waals surface area contributed by atoms with Crippen LogP contribution in [-0.4, -0.2) is 87.4 Å². The van der Waals surface area contributed by atoms with Crippen molar-refractivity contribution in [3.8, 4) is 0 Å². The minimum Gasteiger partial charge on any atom is -0.477 e. The van der Waals surface area contributed by atoms with Crippen molar-refractivity contribution in [3.63, 3.8) is 0 Å². The van der Waals surface area contributed by atoms with E-state index in [1.807, 2.05) is 21.1 Å². The summed E-state index contributed by atoms with van der Waals surface area (Å²) in [6.07, 6.45) is 63.3. The number of allylic oxidation sites excluding steroid dienone is 2. The van der Waals surface area contributed by atoms with Crippen molar-refractivity contribution in [2.24, 2.45) is 0 Å². The molecule has 0 rings (SSSR count). The average Bonchev–Trinajstić information content (AvgIpc) is 3.36. The molecule has 9 nitrogen and oxygen atoms in total. The fraction of sp³-hybridized carbons (Fsp3) is 0.922. The molecular formula is C64H124NO8+. The number of unbranched alkanes of at least 4 members (excludes halogenated alkanes) is 43. The molecule has 0 aromatic heterocycles. The third-order valence-electron chi connectivity index (χ3n) is 14.5. The Labute approximate surface area is 453 Å². The summed E-state index contributed by atoms with van der Waals surface area (Å²) in [4.78, 5) is 37.4. The van der Waals surface area contributed by atoms with Gasteiger partial charge in [0.05, 0.1) is 34.4 Å². The zero-order valence-electron chi connectivity index (χ0n) is 49.3. The molecule has 1 N–H and O–H groups in total. The maximum atomic E-state index is 12.8. The van der Waals surface area contributed by atoms with E-state index >= 15 is 0 Å². The Balaban J connectivity index is 3.96. The predicted octanol–water partition coefficient (Wildman–Crippen LogP) is 18.9. The first-order valence-corrected chi connectivity index (χ1v) is 31.9. The Morgan fingerprint density at radius 2 is 0.699 bits per heavy atom. The number of carboxylic acids is 1. The minimum atomic E-state index is -1.51. The number of esters is 2. The van der Waals surface area contributed by atoms with E-state index in [-0.39, 0.29) is 32.2 Å². The number of aliphatic carboxylic acids is 1. The van der Waals surface area contributed by atoms with E-state index in [0.717, 1.165) is 51.4 Å². The van der Waals surface area contributed by atoms with Crippen LogP contribution in [0.4, 0.5) is 0 Å². The average molecular weight is 1040 g/mol. The molecule has 432 valence electrons. The molecule has 0 heterocycles. The molecule has 0 amide bonds. The number of quaternary nitrogens is 1. The predicted molar refractivity (Wildman–Crippen MR) is 309 cm³/mol. The largest absolute Gasteiger partial charge is 0.477 e. The lowest BCUT2D eigenvalue weighted by molar-refractivity contribution is -0.870. The third-order valence-corrected chi connectivity index (χ3v) is 14.5. The van der Waals surface area contributed by atoms with E-state index in [2.05, 4.69) is 26.0 Å². The van der Waals surface area contributed by atoms with Gasteiger partial charge < -0.3 is 28.5 Å². The fourth-order valence-electron chi connectivity index (χ4n) is 9.60. The van der Waals surface area contributed by atoms with Crippen molar-refractivity contribution in [3.05, 3.63) is 12.2 Å². The maximum absolute atomic E-state index is 12.8. The van der Waals surface area contributed by atoms with Crippen LogP contribution in [0.1, 0.15) is 322 Å². The monoisotopic (exact) mass is 1030 g/mol. The van der Waals surface area contributed by atoms with Crippen LogP contribution in [0.5, 0.6) is 0 Å². The molecule has 0 saturated heterocycles. The van der Waals surface area contributed by atoms with E-state index in [1.54, 1.807) is 0 Å². The molecule has 2 unspecified atom stereocenters. The second-order valence-electron chi connectivity index (χ2n) is 23.1. The van der Waals surface area contributed by atoms with Crippen molar-refractivity contribution in [1.82, 2.24) is 0 Å². The molecule has 0 aliphatic heterocycles. The second-order valence-corrected chi connectivity index (χ2v) is 23.1.